The zero-order valence-corrected chi connectivity index (χ0v) is 13.5. The minimum atomic E-state index is -1.72. The first-order valence-electron chi connectivity index (χ1n) is 7.48. The number of benzene rings is 2. The van der Waals surface area contributed by atoms with Gasteiger partial charge in [0.05, 0.1) is 5.69 Å². The van der Waals surface area contributed by atoms with Gasteiger partial charge >= 0.3 is 0 Å². The first kappa shape index (κ1) is 17.6. The Morgan fingerprint density at radius 1 is 1.08 bits per heavy atom. The SMILES string of the molecule is CC(=O)N(CC(=O)Nc1ccc2c(c1)OCO2)c1ccc(F)c(F)c1F. The van der Waals surface area contributed by atoms with Gasteiger partial charge in [0.2, 0.25) is 18.6 Å². The topological polar surface area (TPSA) is 67.9 Å². The Kier molecular flexibility index (Phi) is 4.70. The molecule has 26 heavy (non-hydrogen) atoms. The van der Waals surface area contributed by atoms with E-state index in [0.29, 0.717) is 28.2 Å². The van der Waals surface area contributed by atoms with Gasteiger partial charge in [-0.05, 0) is 24.3 Å². The van der Waals surface area contributed by atoms with Gasteiger partial charge in [-0.1, -0.05) is 0 Å². The lowest BCUT2D eigenvalue weighted by atomic mass is 10.2. The second-order valence-electron chi connectivity index (χ2n) is 5.42. The predicted molar refractivity (Wildman–Crippen MR) is 85.5 cm³/mol. The summed E-state index contributed by atoms with van der Waals surface area (Å²) < 4.78 is 50.7. The Morgan fingerprint density at radius 3 is 2.54 bits per heavy atom. The molecule has 0 bridgehead atoms. The van der Waals surface area contributed by atoms with Crippen molar-refractivity contribution in [1.29, 1.82) is 0 Å². The van der Waals surface area contributed by atoms with Gasteiger partial charge in [-0.3, -0.25) is 9.59 Å². The van der Waals surface area contributed by atoms with Crippen molar-refractivity contribution in [3.63, 3.8) is 0 Å². The number of rotatable bonds is 4. The third-order valence-corrected chi connectivity index (χ3v) is 3.64. The lowest BCUT2D eigenvalue weighted by Gasteiger charge is -2.21. The molecule has 0 aliphatic carbocycles. The molecule has 0 radical (unpaired) electrons. The monoisotopic (exact) mass is 366 g/mol. The molecule has 1 aliphatic heterocycles. The van der Waals surface area contributed by atoms with Gasteiger partial charge in [-0.15, -0.1) is 0 Å². The van der Waals surface area contributed by atoms with Crippen LogP contribution in [0.15, 0.2) is 30.3 Å². The number of ether oxygens (including phenoxy) is 2. The molecular weight excluding hydrogens is 353 g/mol. The molecule has 0 saturated heterocycles. The van der Waals surface area contributed by atoms with Crippen LogP contribution < -0.4 is 19.7 Å². The van der Waals surface area contributed by atoms with Crippen LogP contribution in [-0.2, 0) is 9.59 Å². The van der Waals surface area contributed by atoms with Crippen molar-refractivity contribution in [3.05, 3.63) is 47.8 Å². The van der Waals surface area contributed by atoms with E-state index in [0.717, 1.165) is 13.0 Å². The summed E-state index contributed by atoms with van der Waals surface area (Å²) in [5.41, 5.74) is -0.161. The number of amides is 2. The average Bonchev–Trinajstić information content (AvgIpc) is 3.06. The molecule has 0 saturated carbocycles. The number of fused-ring (bicyclic) bond motifs is 1. The Balaban J connectivity index is 1.77. The molecule has 0 aromatic heterocycles. The fourth-order valence-electron chi connectivity index (χ4n) is 2.41. The number of anilines is 2. The highest BCUT2D eigenvalue weighted by Gasteiger charge is 2.23. The van der Waals surface area contributed by atoms with Crippen LogP contribution in [0.2, 0.25) is 0 Å². The molecule has 6 nitrogen and oxygen atoms in total. The summed E-state index contributed by atoms with van der Waals surface area (Å²) in [6, 6.07) is 6.25. The van der Waals surface area contributed by atoms with Gasteiger partial charge in [-0.25, -0.2) is 13.2 Å². The quantitative estimate of drug-likeness (QED) is 0.845. The Bertz CT molecular complexity index is 889. The summed E-state index contributed by atoms with van der Waals surface area (Å²) in [6.07, 6.45) is 0. The maximum atomic E-state index is 13.9. The van der Waals surface area contributed by atoms with Crippen molar-refractivity contribution in [3.8, 4) is 11.5 Å². The summed E-state index contributed by atoms with van der Waals surface area (Å²) in [7, 11) is 0. The summed E-state index contributed by atoms with van der Waals surface area (Å²) in [6.45, 7) is 0.556. The van der Waals surface area contributed by atoms with Gasteiger partial charge in [0.1, 0.15) is 6.54 Å². The fourth-order valence-corrected chi connectivity index (χ4v) is 2.41. The highest BCUT2D eigenvalue weighted by atomic mass is 19.2. The summed E-state index contributed by atoms with van der Waals surface area (Å²) in [4.78, 5) is 24.7. The van der Waals surface area contributed by atoms with Crippen LogP contribution in [0, 0.1) is 17.5 Å². The standard InChI is InChI=1S/C17H13F3N2O4/c1-9(23)22(12-4-3-11(18)16(19)17(12)20)7-15(24)21-10-2-5-13-14(6-10)26-8-25-13/h2-6H,7-8H2,1H3,(H,21,24). The zero-order chi connectivity index (χ0) is 18.8. The molecule has 1 heterocycles. The highest BCUT2D eigenvalue weighted by Crippen LogP contribution is 2.34. The summed E-state index contributed by atoms with van der Waals surface area (Å²) in [5, 5.41) is 2.51. The first-order chi connectivity index (χ1) is 12.4. The van der Waals surface area contributed by atoms with E-state index in [1.54, 1.807) is 12.1 Å². The van der Waals surface area contributed by atoms with Crippen LogP contribution in [0.3, 0.4) is 0 Å². The molecule has 9 heteroatoms. The van der Waals surface area contributed by atoms with Crippen molar-refractivity contribution in [2.75, 3.05) is 23.6 Å². The van der Waals surface area contributed by atoms with E-state index in [4.69, 9.17) is 9.47 Å². The van der Waals surface area contributed by atoms with Gasteiger partial charge in [0, 0.05) is 18.7 Å². The minimum absolute atomic E-state index is 0.0697. The van der Waals surface area contributed by atoms with Crippen molar-refractivity contribution in [2.45, 2.75) is 6.92 Å². The Morgan fingerprint density at radius 2 is 1.81 bits per heavy atom. The van der Waals surface area contributed by atoms with Crippen LogP contribution in [0.4, 0.5) is 24.5 Å². The number of hydrogen-bond acceptors (Lipinski definition) is 4. The maximum Gasteiger partial charge on any atom is 0.244 e. The van der Waals surface area contributed by atoms with E-state index in [-0.39, 0.29) is 6.79 Å². The number of carbonyl (C=O) groups is 2. The number of nitrogens with one attached hydrogen (secondary N) is 1. The molecule has 1 N–H and O–H groups in total. The maximum absolute atomic E-state index is 13.9. The Labute approximate surface area is 146 Å². The Hall–Kier alpha value is -3.23. The van der Waals surface area contributed by atoms with Gasteiger partial charge in [0.15, 0.2) is 29.0 Å². The van der Waals surface area contributed by atoms with E-state index in [2.05, 4.69) is 5.32 Å². The van der Waals surface area contributed by atoms with E-state index >= 15 is 0 Å². The second-order valence-corrected chi connectivity index (χ2v) is 5.42. The van der Waals surface area contributed by atoms with Crippen LogP contribution >= 0.6 is 0 Å². The number of carbonyl (C=O) groups excluding carboxylic acids is 2. The molecule has 1 aliphatic rings. The van der Waals surface area contributed by atoms with Gasteiger partial charge in [-0.2, -0.15) is 0 Å². The molecule has 2 amide bonds. The molecule has 0 atom stereocenters. The predicted octanol–water partition coefficient (Wildman–Crippen LogP) is 2.82. The normalized spacial score (nSPS) is 12.0. The van der Waals surface area contributed by atoms with Crippen molar-refractivity contribution in [1.82, 2.24) is 0 Å². The smallest absolute Gasteiger partial charge is 0.244 e. The van der Waals surface area contributed by atoms with Crippen molar-refractivity contribution >= 4 is 23.2 Å². The lowest BCUT2D eigenvalue weighted by molar-refractivity contribution is -0.120. The molecule has 136 valence electrons. The number of nitrogens with zero attached hydrogens (tertiary/aromatic N) is 1. The highest BCUT2D eigenvalue weighted by molar-refractivity contribution is 6.02. The van der Waals surface area contributed by atoms with Crippen LogP contribution in [0.25, 0.3) is 0 Å². The molecule has 2 aromatic carbocycles. The van der Waals surface area contributed by atoms with Gasteiger partial charge in [0.25, 0.3) is 0 Å². The average molecular weight is 366 g/mol. The molecule has 3 rings (SSSR count). The molecule has 0 spiro atoms. The van der Waals surface area contributed by atoms with Crippen molar-refractivity contribution < 1.29 is 32.2 Å². The van der Waals surface area contributed by atoms with Crippen LogP contribution in [-0.4, -0.2) is 25.2 Å². The lowest BCUT2D eigenvalue weighted by Crippen LogP contribution is -2.37. The molecule has 0 fully saturated rings. The largest absolute Gasteiger partial charge is 0.454 e. The second kappa shape index (κ2) is 6.95. The third kappa shape index (κ3) is 3.41. The van der Waals surface area contributed by atoms with Gasteiger partial charge < -0.3 is 19.7 Å². The third-order valence-electron chi connectivity index (χ3n) is 3.64. The summed E-state index contributed by atoms with van der Waals surface area (Å²) >= 11 is 0. The van der Waals surface area contributed by atoms with E-state index in [1.807, 2.05) is 0 Å². The van der Waals surface area contributed by atoms with E-state index in [9.17, 15) is 22.8 Å². The van der Waals surface area contributed by atoms with Crippen molar-refractivity contribution in [2.24, 2.45) is 0 Å². The molecule has 0 unspecified atom stereocenters. The molecule has 2 aromatic rings. The fraction of sp³-hybridized carbons (Fsp3) is 0.176. The summed E-state index contributed by atoms with van der Waals surface area (Å²) in [5.74, 6) is -5.06. The zero-order valence-electron chi connectivity index (χ0n) is 13.5. The van der Waals surface area contributed by atoms with E-state index < -0.39 is 41.5 Å². The van der Waals surface area contributed by atoms with Crippen LogP contribution in [0.5, 0.6) is 11.5 Å². The number of halogens is 3. The van der Waals surface area contributed by atoms with E-state index in [1.165, 1.54) is 6.07 Å². The minimum Gasteiger partial charge on any atom is -0.454 e. The van der Waals surface area contributed by atoms with Crippen LogP contribution in [0.1, 0.15) is 6.92 Å². The first-order valence-corrected chi connectivity index (χ1v) is 7.48. The molecular formula is C17H13F3N2O4. The number of hydrogen-bond donors (Lipinski definition) is 1.